The summed E-state index contributed by atoms with van der Waals surface area (Å²) in [6.45, 7) is 11.7. The molecule has 0 aliphatic carbocycles. The summed E-state index contributed by atoms with van der Waals surface area (Å²) >= 11 is 6.42. The smallest absolute Gasteiger partial charge is 0.264 e. The average molecular weight is 985 g/mol. The summed E-state index contributed by atoms with van der Waals surface area (Å²) in [5.41, 5.74) is 9.36. The Kier molecular flexibility index (Phi) is 12.7. The molecule has 11 rings (SSSR count). The van der Waals surface area contributed by atoms with Crippen molar-refractivity contribution in [2.75, 3.05) is 78.5 Å². The molecule has 5 aromatic rings. The number of likely N-dealkylation sites (tertiary alicyclic amines) is 1. The van der Waals surface area contributed by atoms with Gasteiger partial charge in [0.05, 0.1) is 29.4 Å². The van der Waals surface area contributed by atoms with Crippen molar-refractivity contribution >= 4 is 52.0 Å². The van der Waals surface area contributed by atoms with Gasteiger partial charge in [-0.2, -0.15) is 15.5 Å². The molecule has 372 valence electrons. The number of benzene rings is 3. The molecule has 0 N–H and O–H groups in total. The Labute approximate surface area is 420 Å². The van der Waals surface area contributed by atoms with Gasteiger partial charge in [0, 0.05) is 143 Å². The quantitative estimate of drug-likeness (QED) is 0.150. The van der Waals surface area contributed by atoms with Crippen LogP contribution in [-0.2, 0) is 36.0 Å². The van der Waals surface area contributed by atoms with Gasteiger partial charge < -0.3 is 29.4 Å². The lowest BCUT2D eigenvalue weighted by atomic mass is 9.73. The number of fused-ring (bicyclic) bond motifs is 2. The highest BCUT2D eigenvalue weighted by molar-refractivity contribution is 6.32. The van der Waals surface area contributed by atoms with Gasteiger partial charge in [0.15, 0.2) is 5.82 Å². The summed E-state index contributed by atoms with van der Waals surface area (Å²) in [6, 6.07) is 21.1. The SMILES string of the molecule is CC(=O)N1CCc2c(c(N3CCCc4cc(-c5cnn(C)c5)c(C(F)F)cc43)nn2C2CCN(C(=O)C3CCN(c4ccc(N5CCC6(CC5)CCN(c5ccc(C#N)c(Cl)c5)C6C)cc4)CC3)CC2)C1. The molecule has 1 spiro atoms. The van der Waals surface area contributed by atoms with Crippen LogP contribution in [0.5, 0.6) is 0 Å². The summed E-state index contributed by atoms with van der Waals surface area (Å²) < 4.78 is 33.4. The normalized spacial score (nSPS) is 20.7. The van der Waals surface area contributed by atoms with Gasteiger partial charge in [-0.3, -0.25) is 19.0 Å². The molecule has 4 saturated heterocycles. The number of amides is 2. The molecular formula is C55H64ClF2N11O2. The van der Waals surface area contributed by atoms with E-state index in [9.17, 15) is 23.6 Å². The second-order valence-corrected chi connectivity index (χ2v) is 21.4. The second-order valence-electron chi connectivity index (χ2n) is 21.0. The molecule has 0 bridgehead atoms. The van der Waals surface area contributed by atoms with Gasteiger partial charge in [-0.05, 0) is 136 Å². The van der Waals surface area contributed by atoms with E-state index in [1.807, 2.05) is 29.2 Å². The fraction of sp³-hybridized carbons (Fsp3) is 0.509. The molecule has 0 radical (unpaired) electrons. The minimum absolute atomic E-state index is 0.00291. The van der Waals surface area contributed by atoms with E-state index in [1.165, 1.54) is 11.4 Å². The summed E-state index contributed by atoms with van der Waals surface area (Å²) in [6.07, 6.45) is 9.69. The van der Waals surface area contributed by atoms with E-state index in [2.05, 4.69) is 71.5 Å². The van der Waals surface area contributed by atoms with Gasteiger partial charge >= 0.3 is 0 Å². The van der Waals surface area contributed by atoms with Crippen LogP contribution >= 0.6 is 11.6 Å². The summed E-state index contributed by atoms with van der Waals surface area (Å²) in [7, 11) is 1.79. The van der Waals surface area contributed by atoms with Crippen LogP contribution in [0.25, 0.3) is 11.1 Å². The zero-order valence-electron chi connectivity index (χ0n) is 41.2. The molecule has 3 aromatic carbocycles. The van der Waals surface area contributed by atoms with E-state index in [-0.39, 0.29) is 34.8 Å². The lowest BCUT2D eigenvalue weighted by Gasteiger charge is -2.44. The molecule has 8 heterocycles. The number of rotatable bonds is 8. The van der Waals surface area contributed by atoms with E-state index < -0.39 is 6.43 Å². The van der Waals surface area contributed by atoms with Crippen LogP contribution < -0.4 is 19.6 Å². The van der Waals surface area contributed by atoms with Crippen molar-refractivity contribution in [3.8, 4) is 17.2 Å². The Bertz CT molecular complexity index is 2850. The Morgan fingerprint density at radius 2 is 1.52 bits per heavy atom. The van der Waals surface area contributed by atoms with E-state index in [0.29, 0.717) is 66.9 Å². The highest BCUT2D eigenvalue weighted by Gasteiger charge is 2.47. The Balaban J connectivity index is 0.707. The van der Waals surface area contributed by atoms with Gasteiger partial charge in [-0.15, -0.1) is 0 Å². The first kappa shape index (κ1) is 47.2. The van der Waals surface area contributed by atoms with Crippen LogP contribution in [0.1, 0.15) is 106 Å². The molecule has 16 heteroatoms. The molecular weight excluding hydrogens is 920 g/mol. The van der Waals surface area contributed by atoms with E-state index in [0.717, 1.165) is 125 Å². The van der Waals surface area contributed by atoms with Gasteiger partial charge in [0.2, 0.25) is 11.8 Å². The third kappa shape index (κ3) is 8.78. The zero-order chi connectivity index (χ0) is 49.1. The minimum Gasteiger partial charge on any atom is -0.371 e. The fourth-order valence-electron chi connectivity index (χ4n) is 13.0. The first-order chi connectivity index (χ1) is 34.4. The Hall–Kier alpha value is -6.14. The van der Waals surface area contributed by atoms with Crippen molar-refractivity contribution in [3.63, 3.8) is 0 Å². The van der Waals surface area contributed by atoms with Gasteiger partial charge in [-0.25, -0.2) is 8.78 Å². The molecule has 1 atom stereocenters. The van der Waals surface area contributed by atoms with Crippen molar-refractivity contribution in [1.82, 2.24) is 29.4 Å². The second kappa shape index (κ2) is 19.1. The van der Waals surface area contributed by atoms with Gasteiger partial charge in [-0.1, -0.05) is 11.6 Å². The molecule has 13 nitrogen and oxygen atoms in total. The number of hydrogen-bond acceptors (Lipinski definition) is 9. The maximum Gasteiger partial charge on any atom is 0.264 e. The topological polar surface area (TPSA) is 113 Å². The van der Waals surface area contributed by atoms with Crippen LogP contribution in [-0.4, -0.2) is 106 Å². The Morgan fingerprint density at radius 3 is 2.17 bits per heavy atom. The number of halogens is 3. The van der Waals surface area contributed by atoms with Crippen LogP contribution in [0.2, 0.25) is 5.02 Å². The maximum atomic E-state index is 14.8. The zero-order valence-corrected chi connectivity index (χ0v) is 41.9. The van der Waals surface area contributed by atoms with Crippen molar-refractivity contribution in [1.29, 1.82) is 5.26 Å². The van der Waals surface area contributed by atoms with E-state index in [1.54, 1.807) is 37.1 Å². The monoisotopic (exact) mass is 983 g/mol. The van der Waals surface area contributed by atoms with E-state index in [4.69, 9.17) is 16.7 Å². The third-order valence-electron chi connectivity index (χ3n) is 17.3. The molecule has 6 aliphatic heterocycles. The number of piperidine rings is 3. The van der Waals surface area contributed by atoms with E-state index >= 15 is 0 Å². The van der Waals surface area contributed by atoms with Gasteiger partial charge in [0.25, 0.3) is 6.43 Å². The van der Waals surface area contributed by atoms with Crippen molar-refractivity contribution in [3.05, 3.63) is 100.0 Å². The number of nitrogens with zero attached hydrogens (tertiary/aromatic N) is 11. The molecule has 2 aromatic heterocycles. The van der Waals surface area contributed by atoms with Crippen LogP contribution in [0.3, 0.4) is 0 Å². The fourth-order valence-corrected chi connectivity index (χ4v) is 13.2. The third-order valence-corrected chi connectivity index (χ3v) is 17.6. The summed E-state index contributed by atoms with van der Waals surface area (Å²) in [4.78, 5) is 40.3. The molecule has 71 heavy (non-hydrogen) atoms. The predicted octanol–water partition coefficient (Wildman–Crippen LogP) is 9.70. The number of alkyl halides is 2. The molecule has 1 unspecified atom stereocenters. The summed E-state index contributed by atoms with van der Waals surface area (Å²) in [5, 5.41) is 19.5. The summed E-state index contributed by atoms with van der Waals surface area (Å²) in [5.74, 6) is 1.02. The lowest BCUT2D eigenvalue weighted by Crippen LogP contribution is -2.46. The molecule has 0 saturated carbocycles. The lowest BCUT2D eigenvalue weighted by molar-refractivity contribution is -0.137. The number of anilines is 5. The standard InChI is InChI=1S/C55H64ClF2N11O2/c1-36-55(19-28-67(36)45-7-6-40(32-59)49(56)30-45)17-26-64(27-18-55)43-10-8-42(9-11-43)63-21-12-38(13-22-63)54(71)65-23-14-44(15-24-65)69-50-16-25-66(37(2)70)35-48(50)53(61-69)68-20-4-5-39-29-46(41-33-60-62(3)34-41)47(52(57)58)31-51(39)68/h6-11,29-31,33-34,36,38,44,52H,4-5,12-28,35H2,1-3H3. The van der Waals surface area contributed by atoms with Crippen LogP contribution in [0.4, 0.5) is 37.3 Å². The number of aryl methyl sites for hydroxylation is 2. The van der Waals surface area contributed by atoms with Crippen molar-refractivity contribution < 1.29 is 18.4 Å². The average Bonchev–Trinajstić information content (AvgIpc) is 4.10. The number of hydrogen-bond donors (Lipinski definition) is 0. The molecule has 2 amide bonds. The maximum absolute atomic E-state index is 14.8. The first-order valence-electron chi connectivity index (χ1n) is 25.8. The number of carbonyl (C=O) groups excluding carboxylic acids is 2. The molecule has 4 fully saturated rings. The molecule has 6 aliphatic rings. The van der Waals surface area contributed by atoms with Crippen molar-refractivity contribution in [2.45, 2.75) is 103 Å². The largest absolute Gasteiger partial charge is 0.371 e. The number of nitriles is 1. The minimum atomic E-state index is -2.67. The number of aromatic nitrogens is 4. The number of carbonyl (C=O) groups is 2. The highest BCUT2D eigenvalue weighted by Crippen LogP contribution is 2.48. The van der Waals surface area contributed by atoms with Crippen LogP contribution in [0, 0.1) is 22.7 Å². The van der Waals surface area contributed by atoms with Crippen LogP contribution in [0.15, 0.2) is 67.0 Å². The Morgan fingerprint density at radius 1 is 0.831 bits per heavy atom. The first-order valence-corrected chi connectivity index (χ1v) is 26.2. The van der Waals surface area contributed by atoms with Gasteiger partial charge in [0.1, 0.15) is 6.07 Å². The predicted molar refractivity (Wildman–Crippen MR) is 274 cm³/mol. The van der Waals surface area contributed by atoms with Crippen molar-refractivity contribution in [2.24, 2.45) is 18.4 Å². The highest BCUT2D eigenvalue weighted by atomic mass is 35.5.